The summed E-state index contributed by atoms with van der Waals surface area (Å²) >= 11 is 1.15. The number of thiophene rings is 1. The lowest BCUT2D eigenvalue weighted by Crippen LogP contribution is -2.27. The maximum absolute atomic E-state index is 12.5. The molecule has 168 valence electrons. The zero-order chi connectivity index (χ0) is 23.1. The molecule has 0 aliphatic carbocycles. The summed E-state index contributed by atoms with van der Waals surface area (Å²) < 4.78 is 27.4. The van der Waals surface area contributed by atoms with E-state index in [1.807, 2.05) is 25.1 Å². The fourth-order valence-electron chi connectivity index (χ4n) is 3.12. The smallest absolute Gasteiger partial charge is 0.271 e. The van der Waals surface area contributed by atoms with Crippen LogP contribution in [0.3, 0.4) is 0 Å². The summed E-state index contributed by atoms with van der Waals surface area (Å²) in [7, 11) is -3.60. The number of hydrogen-bond donors (Lipinski definition) is 2. The van der Waals surface area contributed by atoms with Crippen LogP contribution in [0, 0.1) is 0 Å². The number of nitrogens with zero attached hydrogens (tertiary/aromatic N) is 1. The first kappa shape index (κ1) is 23.5. The Hall–Kier alpha value is -3.17. The van der Waals surface area contributed by atoms with Crippen LogP contribution < -0.4 is 10.0 Å². The van der Waals surface area contributed by atoms with Gasteiger partial charge in [0.1, 0.15) is 4.21 Å². The number of amides is 2. The Morgan fingerprint density at radius 1 is 0.969 bits per heavy atom. The number of carbonyl (C=O) groups is 2. The topological polar surface area (TPSA) is 95.6 Å². The average molecular weight is 472 g/mol. The van der Waals surface area contributed by atoms with Gasteiger partial charge in [-0.25, -0.2) is 8.42 Å². The lowest BCUT2D eigenvalue weighted by Gasteiger charge is -2.19. The van der Waals surface area contributed by atoms with Crippen LogP contribution in [0.5, 0.6) is 0 Å². The molecule has 0 bridgehead atoms. The van der Waals surface area contributed by atoms with E-state index in [4.69, 9.17) is 0 Å². The van der Waals surface area contributed by atoms with Gasteiger partial charge in [0.2, 0.25) is 11.8 Å². The molecule has 0 spiro atoms. The fraction of sp³-hybridized carbons (Fsp3) is 0.217. The first-order valence-electron chi connectivity index (χ1n) is 10.1. The molecule has 3 rings (SSSR count). The zero-order valence-electron chi connectivity index (χ0n) is 17.9. The molecule has 0 unspecified atom stereocenters. The molecule has 9 heteroatoms. The molecular formula is C23H25N3O4S2. The van der Waals surface area contributed by atoms with E-state index in [2.05, 4.69) is 10.0 Å². The largest absolute Gasteiger partial charge is 0.339 e. The number of carbonyl (C=O) groups excluding carboxylic acids is 2. The summed E-state index contributed by atoms with van der Waals surface area (Å²) in [6.45, 7) is 4.56. The third-order valence-electron chi connectivity index (χ3n) is 4.74. The number of nitrogens with one attached hydrogen (secondary N) is 2. The molecule has 0 fully saturated rings. The Kier molecular flexibility index (Phi) is 7.66. The maximum Gasteiger partial charge on any atom is 0.271 e. The van der Waals surface area contributed by atoms with E-state index in [9.17, 15) is 18.0 Å². The second-order valence-corrected chi connectivity index (χ2v) is 10.0. The molecule has 2 aromatic carbocycles. The lowest BCUT2D eigenvalue weighted by atomic mass is 10.1. The van der Waals surface area contributed by atoms with Crippen LogP contribution in [-0.2, 0) is 32.6 Å². The van der Waals surface area contributed by atoms with Gasteiger partial charge in [-0.3, -0.25) is 14.3 Å². The number of benzene rings is 2. The quantitative estimate of drug-likeness (QED) is 0.491. The van der Waals surface area contributed by atoms with Crippen molar-refractivity contribution in [3.63, 3.8) is 0 Å². The average Bonchev–Trinajstić information content (AvgIpc) is 3.29. The van der Waals surface area contributed by atoms with Crippen molar-refractivity contribution in [2.75, 3.05) is 16.6 Å². The molecule has 0 aliphatic heterocycles. The van der Waals surface area contributed by atoms with Crippen LogP contribution in [0.2, 0.25) is 0 Å². The Morgan fingerprint density at radius 3 is 2.34 bits per heavy atom. The molecule has 0 radical (unpaired) electrons. The molecule has 2 N–H and O–H groups in total. The zero-order valence-corrected chi connectivity index (χ0v) is 19.5. The van der Waals surface area contributed by atoms with Crippen LogP contribution in [0.1, 0.15) is 25.0 Å². The van der Waals surface area contributed by atoms with E-state index in [1.165, 1.54) is 6.92 Å². The minimum Gasteiger partial charge on any atom is -0.339 e. The molecule has 0 saturated heterocycles. The van der Waals surface area contributed by atoms with Crippen LogP contribution in [0.25, 0.3) is 0 Å². The van der Waals surface area contributed by atoms with Crippen molar-refractivity contribution in [3.05, 3.63) is 77.2 Å². The van der Waals surface area contributed by atoms with Crippen LogP contribution in [0.4, 0.5) is 11.4 Å². The van der Waals surface area contributed by atoms with Crippen molar-refractivity contribution < 1.29 is 18.0 Å². The van der Waals surface area contributed by atoms with Crippen molar-refractivity contribution in [3.8, 4) is 0 Å². The molecule has 7 nitrogen and oxygen atoms in total. The minimum absolute atomic E-state index is 0.00284. The van der Waals surface area contributed by atoms with Gasteiger partial charge in [-0.2, -0.15) is 0 Å². The first-order chi connectivity index (χ1) is 15.3. The molecule has 2 amide bonds. The van der Waals surface area contributed by atoms with Crippen LogP contribution in [-0.4, -0.2) is 31.7 Å². The predicted octanol–water partition coefficient (Wildman–Crippen LogP) is 4.10. The standard InChI is InChI=1S/C23H25N3O4S2/c1-3-26(17(2)27)16-19-6-4-7-21(14-19)24-22(28)15-18-9-11-20(12-10-18)25-32(29,30)23-8-5-13-31-23/h4-14,25H,3,15-16H2,1-2H3,(H,24,28). The van der Waals surface area contributed by atoms with E-state index in [0.29, 0.717) is 24.5 Å². The molecule has 0 aliphatic rings. The minimum atomic E-state index is -3.60. The van der Waals surface area contributed by atoms with E-state index in [0.717, 1.165) is 22.5 Å². The number of rotatable bonds is 9. The Labute approximate surface area is 192 Å². The molecule has 1 aromatic heterocycles. The van der Waals surface area contributed by atoms with Gasteiger partial charge in [-0.05, 0) is 53.8 Å². The first-order valence-corrected chi connectivity index (χ1v) is 12.4. The second-order valence-electron chi connectivity index (χ2n) is 7.19. The van der Waals surface area contributed by atoms with Crippen LogP contribution >= 0.6 is 11.3 Å². The van der Waals surface area contributed by atoms with Gasteiger partial charge in [0.05, 0.1) is 6.42 Å². The molecule has 0 saturated carbocycles. The molecule has 1 heterocycles. The highest BCUT2D eigenvalue weighted by molar-refractivity contribution is 7.94. The highest BCUT2D eigenvalue weighted by Gasteiger charge is 2.15. The van der Waals surface area contributed by atoms with Crippen molar-refractivity contribution in [2.45, 2.75) is 31.0 Å². The summed E-state index contributed by atoms with van der Waals surface area (Å²) in [6.07, 6.45) is 0.150. The van der Waals surface area contributed by atoms with Crippen LogP contribution in [0.15, 0.2) is 70.3 Å². The maximum atomic E-state index is 12.5. The molecule has 3 aromatic rings. The normalized spacial score (nSPS) is 11.1. The van der Waals surface area contributed by atoms with Gasteiger partial charge in [-0.15, -0.1) is 11.3 Å². The molecular weight excluding hydrogens is 446 g/mol. The number of sulfonamides is 1. The summed E-state index contributed by atoms with van der Waals surface area (Å²) in [6, 6.07) is 17.3. The summed E-state index contributed by atoms with van der Waals surface area (Å²) in [5.74, 6) is -0.184. The van der Waals surface area contributed by atoms with Gasteiger partial charge in [0.25, 0.3) is 10.0 Å². The third kappa shape index (κ3) is 6.41. The van der Waals surface area contributed by atoms with Gasteiger partial charge in [0, 0.05) is 31.4 Å². The monoisotopic (exact) mass is 471 g/mol. The Bertz CT molecular complexity index is 1170. The van der Waals surface area contributed by atoms with Gasteiger partial charge in [-0.1, -0.05) is 30.3 Å². The predicted molar refractivity (Wildman–Crippen MR) is 127 cm³/mol. The van der Waals surface area contributed by atoms with E-state index < -0.39 is 10.0 Å². The van der Waals surface area contributed by atoms with E-state index in [1.54, 1.807) is 52.7 Å². The Balaban J connectivity index is 1.58. The van der Waals surface area contributed by atoms with E-state index >= 15 is 0 Å². The Morgan fingerprint density at radius 2 is 1.72 bits per heavy atom. The molecule has 0 atom stereocenters. The summed E-state index contributed by atoms with van der Waals surface area (Å²) in [5, 5.41) is 4.57. The number of anilines is 2. The van der Waals surface area contributed by atoms with Crippen molar-refractivity contribution in [1.29, 1.82) is 0 Å². The van der Waals surface area contributed by atoms with Crippen molar-refractivity contribution in [1.82, 2.24) is 4.90 Å². The fourth-order valence-corrected chi connectivity index (χ4v) is 5.17. The van der Waals surface area contributed by atoms with Crippen molar-refractivity contribution in [2.24, 2.45) is 0 Å². The third-order valence-corrected chi connectivity index (χ3v) is 7.52. The van der Waals surface area contributed by atoms with Crippen molar-refractivity contribution >= 4 is 44.5 Å². The SMILES string of the molecule is CCN(Cc1cccc(NC(=O)Cc2ccc(NS(=O)(=O)c3cccs3)cc2)c1)C(C)=O. The van der Waals surface area contributed by atoms with Gasteiger partial charge >= 0.3 is 0 Å². The second kappa shape index (κ2) is 10.4. The number of hydrogen-bond acceptors (Lipinski definition) is 5. The van der Waals surface area contributed by atoms with Gasteiger partial charge in [0.15, 0.2) is 0 Å². The van der Waals surface area contributed by atoms with E-state index in [-0.39, 0.29) is 22.4 Å². The molecule has 32 heavy (non-hydrogen) atoms. The lowest BCUT2D eigenvalue weighted by molar-refractivity contribution is -0.129. The summed E-state index contributed by atoms with van der Waals surface area (Å²) in [4.78, 5) is 25.8. The van der Waals surface area contributed by atoms with Gasteiger partial charge < -0.3 is 10.2 Å². The highest BCUT2D eigenvalue weighted by atomic mass is 32.2. The summed E-state index contributed by atoms with van der Waals surface area (Å²) in [5.41, 5.74) is 2.78. The highest BCUT2D eigenvalue weighted by Crippen LogP contribution is 2.21.